The molecule has 0 aromatic carbocycles. The first-order valence-corrected chi connectivity index (χ1v) is 17.1. The largest absolute Gasteiger partial charge is 0.472 e. The molecule has 4 fully saturated rings. The van der Waals surface area contributed by atoms with Crippen LogP contribution in [0, 0.1) is 46.3 Å². The van der Waals surface area contributed by atoms with E-state index < -0.39 is 80.7 Å². The van der Waals surface area contributed by atoms with Crippen LogP contribution in [0.2, 0.25) is 0 Å². The number of phosphoric ester groups is 2. The number of ether oxygens (including phenoxy) is 1. The van der Waals surface area contributed by atoms with Crippen molar-refractivity contribution in [2.45, 2.75) is 96.4 Å². The van der Waals surface area contributed by atoms with Crippen LogP contribution in [0.1, 0.15) is 78.6 Å². The maximum Gasteiger partial charge on any atom is 0.472 e. The molecule has 238 valence electrons. The Morgan fingerprint density at radius 1 is 1.00 bits per heavy atom. The van der Waals surface area contributed by atoms with E-state index in [9.17, 15) is 38.3 Å². The van der Waals surface area contributed by atoms with Gasteiger partial charge in [0.25, 0.3) is 0 Å². The van der Waals surface area contributed by atoms with Crippen LogP contribution in [-0.2, 0) is 27.7 Å². The zero-order chi connectivity index (χ0) is 30.8. The minimum atomic E-state index is -5.01. The topological polar surface area (TPSA) is 200 Å². The van der Waals surface area contributed by atoms with Crippen LogP contribution in [-0.4, -0.2) is 60.4 Å². The number of halogens is 2. The monoisotopic (exact) mass is 634 g/mol. The smallest absolute Gasteiger partial charge is 0.438 e. The molecule has 0 heterocycles. The summed E-state index contributed by atoms with van der Waals surface area (Å²) in [4.78, 5) is 49.3. The maximum absolute atomic E-state index is 16.3. The van der Waals surface area contributed by atoms with E-state index in [1.807, 2.05) is 13.8 Å². The first-order valence-electron chi connectivity index (χ1n) is 14.0. The molecule has 11 atom stereocenters. The predicted octanol–water partition coefficient (Wildman–Crippen LogP) is 3.69. The van der Waals surface area contributed by atoms with Crippen molar-refractivity contribution in [1.82, 2.24) is 0 Å². The van der Waals surface area contributed by atoms with Gasteiger partial charge in [-0.05, 0) is 67.1 Å². The average molecular weight is 635 g/mol. The van der Waals surface area contributed by atoms with Crippen LogP contribution < -0.4 is 0 Å². The van der Waals surface area contributed by atoms with Gasteiger partial charge in [-0.25, -0.2) is 22.4 Å². The maximum atomic E-state index is 16.3. The summed E-state index contributed by atoms with van der Waals surface area (Å²) in [7, 11) is -9.81. The fourth-order valence-electron chi connectivity index (χ4n) is 9.16. The summed E-state index contributed by atoms with van der Waals surface area (Å²) in [5, 5.41) is 21.3. The Morgan fingerprint density at radius 3 is 2.27 bits per heavy atom. The van der Waals surface area contributed by atoms with Gasteiger partial charge >= 0.3 is 21.6 Å². The Balaban J connectivity index is 1.59. The molecule has 0 bridgehead atoms. The zero-order valence-electron chi connectivity index (χ0n) is 23.4. The lowest BCUT2D eigenvalue weighted by molar-refractivity contribution is -0.295. The number of rotatable bonds is 9. The van der Waals surface area contributed by atoms with Crippen molar-refractivity contribution in [2.75, 3.05) is 6.79 Å². The van der Waals surface area contributed by atoms with Crippen LogP contribution >= 0.6 is 15.6 Å². The van der Waals surface area contributed by atoms with E-state index in [-0.39, 0.29) is 56.8 Å². The molecule has 0 spiro atoms. The minimum Gasteiger partial charge on any atom is -0.438 e. The standard InChI is InChI=1S/C25H42F2O12P2/c1-14(4-7-20(28)37-13-38-40(31,32)33)16-5-6-17-21-18(10-19(23(16,17)3)39-41(34,35)36)22(2)8-9-24(26,29)11-15(22)12-25(21,27)30/h14-19,21,29-30H,4-13H2,1-3H3,(H2,31,32,33)(H2,34,35,36). The van der Waals surface area contributed by atoms with Crippen LogP contribution in [0.5, 0.6) is 0 Å². The van der Waals surface area contributed by atoms with Gasteiger partial charge in [-0.2, -0.15) is 0 Å². The molecule has 4 aliphatic carbocycles. The molecule has 0 saturated heterocycles. The van der Waals surface area contributed by atoms with E-state index in [1.54, 1.807) is 6.92 Å². The Labute approximate surface area is 237 Å². The molecule has 4 aliphatic rings. The van der Waals surface area contributed by atoms with E-state index in [0.717, 1.165) is 0 Å². The molecule has 6 N–H and O–H groups in total. The third kappa shape index (κ3) is 6.77. The predicted molar refractivity (Wildman–Crippen MR) is 138 cm³/mol. The second-order valence-electron chi connectivity index (χ2n) is 13.2. The molecule has 11 unspecified atom stereocenters. The molecule has 12 nitrogen and oxygen atoms in total. The molecule has 4 rings (SSSR count). The Hall–Kier alpha value is -0.530. The summed E-state index contributed by atoms with van der Waals surface area (Å²) in [6.45, 7) is 4.60. The summed E-state index contributed by atoms with van der Waals surface area (Å²) < 4.78 is 68.1. The van der Waals surface area contributed by atoms with Crippen molar-refractivity contribution in [3.63, 3.8) is 0 Å². The number of alkyl halides is 2. The zero-order valence-corrected chi connectivity index (χ0v) is 25.2. The van der Waals surface area contributed by atoms with Crippen LogP contribution in [0.4, 0.5) is 8.78 Å². The number of fused-ring (bicyclic) bond motifs is 5. The van der Waals surface area contributed by atoms with Gasteiger partial charge in [-0.3, -0.25) is 9.32 Å². The van der Waals surface area contributed by atoms with Gasteiger partial charge in [0.2, 0.25) is 18.5 Å². The van der Waals surface area contributed by atoms with Gasteiger partial charge in [0.15, 0.2) is 0 Å². The third-order valence-electron chi connectivity index (χ3n) is 11.0. The first-order chi connectivity index (χ1) is 18.6. The van der Waals surface area contributed by atoms with E-state index in [4.69, 9.17) is 19.0 Å². The molecular formula is C25H42F2O12P2. The van der Waals surface area contributed by atoms with Gasteiger partial charge in [-0.1, -0.05) is 20.8 Å². The quantitative estimate of drug-likeness (QED) is 0.122. The lowest BCUT2D eigenvalue weighted by Gasteiger charge is -2.65. The average Bonchev–Trinajstić information content (AvgIpc) is 3.15. The fraction of sp³-hybridized carbons (Fsp3) is 0.960. The van der Waals surface area contributed by atoms with E-state index in [1.165, 1.54) is 0 Å². The number of phosphoric acid groups is 2. The number of hydrogen-bond donors (Lipinski definition) is 6. The van der Waals surface area contributed by atoms with Gasteiger partial charge < -0.3 is 34.5 Å². The second-order valence-corrected chi connectivity index (χ2v) is 15.7. The highest BCUT2D eigenvalue weighted by molar-refractivity contribution is 7.46. The first kappa shape index (κ1) is 33.4. The van der Waals surface area contributed by atoms with Crippen molar-refractivity contribution >= 4 is 21.6 Å². The van der Waals surface area contributed by atoms with Gasteiger partial charge in [0.1, 0.15) is 0 Å². The number of carbonyl (C=O) groups excluding carboxylic acids is 1. The minimum absolute atomic E-state index is 0.0255. The lowest BCUT2D eigenvalue weighted by atomic mass is 9.42. The summed E-state index contributed by atoms with van der Waals surface area (Å²) in [5.41, 5.74) is -1.68. The number of aliphatic hydroxyl groups is 2. The SMILES string of the molecule is CC(CCC(=O)OCOP(=O)(O)O)C1CCC2C3C(CC(OP(=O)(O)O)C12C)C1(C)CCC(O)(F)CC1CC3(O)F. The molecular weight excluding hydrogens is 592 g/mol. The van der Waals surface area contributed by atoms with Gasteiger partial charge in [0.05, 0.1) is 6.10 Å². The van der Waals surface area contributed by atoms with Gasteiger partial charge in [0, 0.05) is 37.0 Å². The highest BCUT2D eigenvalue weighted by Crippen LogP contribution is 2.72. The number of hydrogen-bond acceptors (Lipinski definition) is 8. The lowest BCUT2D eigenvalue weighted by Crippen LogP contribution is -2.66. The second kappa shape index (κ2) is 11.1. The summed E-state index contributed by atoms with van der Waals surface area (Å²) in [6.07, 6.45) is -0.529. The third-order valence-corrected chi connectivity index (χ3v) is 12.0. The number of esters is 1. The van der Waals surface area contributed by atoms with E-state index in [2.05, 4.69) is 4.52 Å². The van der Waals surface area contributed by atoms with Crippen LogP contribution in [0.3, 0.4) is 0 Å². The molecule has 41 heavy (non-hydrogen) atoms. The van der Waals surface area contributed by atoms with Crippen LogP contribution in [0.15, 0.2) is 0 Å². The number of carbonyl (C=O) groups is 1. The molecule has 0 amide bonds. The van der Waals surface area contributed by atoms with Gasteiger partial charge in [-0.15, -0.1) is 0 Å². The fourth-order valence-corrected chi connectivity index (χ4v) is 9.99. The highest BCUT2D eigenvalue weighted by Gasteiger charge is 2.71. The Kier molecular flexibility index (Phi) is 9.05. The van der Waals surface area contributed by atoms with Crippen molar-refractivity contribution in [3.05, 3.63) is 0 Å². The van der Waals surface area contributed by atoms with Crippen molar-refractivity contribution in [1.29, 1.82) is 0 Å². The normalized spacial score (nSPS) is 45.3. The summed E-state index contributed by atoms with van der Waals surface area (Å²) in [6, 6.07) is 0. The highest BCUT2D eigenvalue weighted by atomic mass is 31.2. The van der Waals surface area contributed by atoms with Crippen molar-refractivity contribution in [3.8, 4) is 0 Å². The van der Waals surface area contributed by atoms with Crippen LogP contribution in [0.25, 0.3) is 0 Å². The molecule has 0 radical (unpaired) electrons. The Bertz CT molecular complexity index is 1090. The molecule has 0 aliphatic heterocycles. The Morgan fingerprint density at radius 2 is 1.66 bits per heavy atom. The summed E-state index contributed by atoms with van der Waals surface area (Å²) >= 11 is 0. The molecule has 4 saturated carbocycles. The van der Waals surface area contributed by atoms with E-state index in [0.29, 0.717) is 12.8 Å². The summed E-state index contributed by atoms with van der Waals surface area (Å²) in [5.74, 6) is -9.15. The molecule has 0 aromatic rings. The van der Waals surface area contributed by atoms with Crippen molar-refractivity contribution < 1.29 is 66.3 Å². The molecule has 16 heteroatoms. The van der Waals surface area contributed by atoms with E-state index >= 15 is 4.39 Å². The molecule has 0 aromatic heterocycles. The van der Waals surface area contributed by atoms with Crippen molar-refractivity contribution in [2.24, 2.45) is 46.3 Å².